The van der Waals surface area contributed by atoms with Gasteiger partial charge in [0.15, 0.2) is 11.5 Å². The molecule has 37 heavy (non-hydrogen) atoms. The number of aromatic nitrogens is 1. The van der Waals surface area contributed by atoms with E-state index < -0.39 is 24.0 Å². The largest absolute Gasteiger partial charge is 0.493 e. The fourth-order valence-corrected chi connectivity index (χ4v) is 5.16. The maximum absolute atomic E-state index is 13.0. The van der Waals surface area contributed by atoms with Gasteiger partial charge in [-0.05, 0) is 49.6 Å². The zero-order valence-electron chi connectivity index (χ0n) is 20.8. The number of hydrogen-bond acceptors (Lipinski definition) is 9. The Labute approximate surface area is 223 Å². The Kier molecular flexibility index (Phi) is 8.96. The number of carbonyl (C=O) groups excluding carboxylic acids is 1. The highest BCUT2D eigenvalue weighted by Crippen LogP contribution is 2.35. The zero-order valence-corrected chi connectivity index (χ0v) is 22.4. The molecule has 194 valence electrons. The third kappa shape index (κ3) is 5.79. The summed E-state index contributed by atoms with van der Waals surface area (Å²) in [4.78, 5) is 38.3. The Hall–Kier alpha value is -3.82. The molecule has 12 heteroatoms. The van der Waals surface area contributed by atoms with Crippen molar-refractivity contribution in [1.29, 1.82) is 5.26 Å². The van der Waals surface area contributed by atoms with E-state index in [1.54, 1.807) is 34.1 Å². The maximum Gasteiger partial charge on any atom is 0.323 e. The number of ether oxygens (including phenoxy) is 2. The van der Waals surface area contributed by atoms with Gasteiger partial charge in [0, 0.05) is 18.7 Å². The number of carbonyl (C=O) groups is 2. The summed E-state index contributed by atoms with van der Waals surface area (Å²) in [6.45, 7) is 3.60. The summed E-state index contributed by atoms with van der Waals surface area (Å²) in [6.07, 6.45) is 2.14. The van der Waals surface area contributed by atoms with Gasteiger partial charge < -0.3 is 19.9 Å². The lowest BCUT2D eigenvalue weighted by Crippen LogP contribution is -2.33. The van der Waals surface area contributed by atoms with E-state index in [4.69, 9.17) is 26.8 Å². The number of rotatable bonds is 10. The van der Waals surface area contributed by atoms with Crippen LogP contribution in [-0.4, -0.2) is 58.1 Å². The maximum atomic E-state index is 13.0. The molecule has 1 aromatic heterocycles. The highest BCUT2D eigenvalue weighted by atomic mass is 32.2. The second-order valence-corrected chi connectivity index (χ2v) is 9.63. The highest BCUT2D eigenvalue weighted by molar-refractivity contribution is 8.26. The van der Waals surface area contributed by atoms with Crippen LogP contribution in [0.15, 0.2) is 27.9 Å². The molecule has 2 aromatic rings. The molecule has 1 saturated heterocycles. The minimum atomic E-state index is -1.18. The van der Waals surface area contributed by atoms with Crippen molar-refractivity contribution in [2.45, 2.75) is 26.8 Å². The van der Waals surface area contributed by atoms with E-state index in [1.807, 2.05) is 24.3 Å². The number of hydrogen-bond donors (Lipinski definition) is 2. The zero-order chi connectivity index (χ0) is 27.3. The first kappa shape index (κ1) is 27.8. The van der Waals surface area contributed by atoms with Crippen LogP contribution in [0.4, 0.5) is 5.82 Å². The summed E-state index contributed by atoms with van der Waals surface area (Å²) in [5, 5.41) is 22.1. The molecule has 0 bridgehead atoms. The molecule has 1 aliphatic rings. The Bertz CT molecular complexity index is 1390. The number of methoxy groups -OCH3 is 2. The van der Waals surface area contributed by atoms with E-state index in [-0.39, 0.29) is 21.3 Å². The lowest BCUT2D eigenvalue weighted by Gasteiger charge is -2.19. The second-order valence-electron chi connectivity index (χ2n) is 7.95. The number of nitrogens with zero attached hydrogens (tertiary/aromatic N) is 3. The quantitative estimate of drug-likeness (QED) is 0.341. The smallest absolute Gasteiger partial charge is 0.323 e. The number of carboxylic acid groups (broad SMARTS) is 1. The van der Waals surface area contributed by atoms with E-state index >= 15 is 0 Å². The highest BCUT2D eigenvalue weighted by Gasteiger charge is 2.34. The Morgan fingerprint density at radius 3 is 2.57 bits per heavy atom. The van der Waals surface area contributed by atoms with E-state index in [1.165, 1.54) is 4.57 Å². The molecule has 0 spiro atoms. The Morgan fingerprint density at radius 2 is 1.97 bits per heavy atom. The van der Waals surface area contributed by atoms with E-state index in [2.05, 4.69) is 5.32 Å². The molecule has 2 N–H and O–H groups in total. The van der Waals surface area contributed by atoms with Crippen molar-refractivity contribution in [3.05, 3.63) is 55.7 Å². The Balaban J connectivity index is 2.01. The fourth-order valence-electron chi connectivity index (χ4n) is 3.92. The summed E-state index contributed by atoms with van der Waals surface area (Å²) >= 11 is 6.17. The van der Waals surface area contributed by atoms with Gasteiger partial charge in [0.05, 0.1) is 19.1 Å². The third-order valence-corrected chi connectivity index (χ3v) is 7.17. The van der Waals surface area contributed by atoms with Gasteiger partial charge in [-0.25, -0.2) is 0 Å². The topological polar surface area (TPSA) is 134 Å². The van der Waals surface area contributed by atoms with Crippen LogP contribution < -0.4 is 20.3 Å². The van der Waals surface area contributed by atoms with Crippen LogP contribution in [0.1, 0.15) is 29.2 Å². The average Bonchev–Trinajstić information content (AvgIpc) is 3.13. The Morgan fingerprint density at radius 1 is 1.27 bits per heavy atom. The molecular formula is C25H26N4O6S2. The fraction of sp³-hybridized carbons (Fsp3) is 0.320. The van der Waals surface area contributed by atoms with Gasteiger partial charge in [-0.3, -0.25) is 23.9 Å². The predicted octanol–water partition coefficient (Wildman–Crippen LogP) is 3.01. The number of benzene rings is 1. The minimum absolute atomic E-state index is 0.0282. The molecule has 0 atom stereocenters. The van der Waals surface area contributed by atoms with Crippen LogP contribution in [0.2, 0.25) is 0 Å². The normalized spacial score (nSPS) is 14.1. The van der Waals surface area contributed by atoms with Crippen LogP contribution in [0.5, 0.6) is 11.5 Å². The number of nitrogens with one attached hydrogen (secondary N) is 1. The summed E-state index contributed by atoms with van der Waals surface area (Å²) in [5.41, 5.74) is 1.40. The van der Waals surface area contributed by atoms with Crippen LogP contribution in [0, 0.1) is 18.3 Å². The van der Waals surface area contributed by atoms with Gasteiger partial charge in [0.25, 0.3) is 11.5 Å². The molecule has 3 rings (SSSR count). The van der Waals surface area contributed by atoms with Gasteiger partial charge in [-0.15, -0.1) is 0 Å². The lowest BCUT2D eigenvalue weighted by atomic mass is 10.0. The predicted molar refractivity (Wildman–Crippen MR) is 145 cm³/mol. The summed E-state index contributed by atoms with van der Waals surface area (Å²) in [6, 6.07) is 7.56. The molecule has 1 aromatic carbocycles. The van der Waals surface area contributed by atoms with Crippen molar-refractivity contribution in [1.82, 2.24) is 9.47 Å². The first-order valence-corrected chi connectivity index (χ1v) is 12.5. The summed E-state index contributed by atoms with van der Waals surface area (Å²) < 4.78 is 12.2. The van der Waals surface area contributed by atoms with E-state index in [9.17, 15) is 19.6 Å². The van der Waals surface area contributed by atoms with Crippen LogP contribution in [-0.2, 0) is 22.6 Å². The first-order valence-electron chi connectivity index (χ1n) is 11.3. The number of anilines is 1. The number of carboxylic acids is 1. The molecule has 0 saturated carbocycles. The van der Waals surface area contributed by atoms with E-state index in [0.717, 1.165) is 22.2 Å². The van der Waals surface area contributed by atoms with Crippen molar-refractivity contribution < 1.29 is 24.2 Å². The number of thiocarbonyl (C=S) groups is 1. The van der Waals surface area contributed by atoms with Gasteiger partial charge >= 0.3 is 5.97 Å². The third-order valence-electron chi connectivity index (χ3n) is 5.79. The monoisotopic (exact) mass is 542 g/mol. The van der Waals surface area contributed by atoms with Crippen molar-refractivity contribution in [3.63, 3.8) is 0 Å². The molecule has 1 amide bonds. The van der Waals surface area contributed by atoms with Crippen LogP contribution >= 0.6 is 24.0 Å². The number of thioether (sulfide) groups is 1. The summed E-state index contributed by atoms with van der Waals surface area (Å²) in [7, 11) is 3.12. The summed E-state index contributed by atoms with van der Waals surface area (Å²) in [5.74, 6) is -0.0561. The molecule has 10 nitrogen and oxygen atoms in total. The standard InChI is InChI=1S/C25H26N4O6S2/c1-5-28-22(27-9-8-15-6-7-18(34-3)19(10-15)35-4)16(14(2)17(12-26)23(28)32)11-20-24(33)29(13-21(30)31)25(36)37-20/h6-7,10-11,27H,5,8-9,13H2,1-4H3,(H,30,31)/b20-11+. The van der Waals surface area contributed by atoms with Crippen molar-refractivity contribution in [3.8, 4) is 17.6 Å². The number of amides is 1. The van der Waals surface area contributed by atoms with Crippen molar-refractivity contribution >= 4 is 52.1 Å². The van der Waals surface area contributed by atoms with E-state index in [0.29, 0.717) is 41.4 Å². The molecule has 0 aliphatic carbocycles. The van der Waals surface area contributed by atoms with Gasteiger partial charge in [-0.1, -0.05) is 30.0 Å². The molecule has 0 radical (unpaired) electrons. The lowest BCUT2D eigenvalue weighted by molar-refractivity contribution is -0.140. The molecular weight excluding hydrogens is 516 g/mol. The average molecular weight is 543 g/mol. The second kappa shape index (κ2) is 11.9. The molecule has 2 heterocycles. The van der Waals surface area contributed by atoms with Gasteiger partial charge in [-0.2, -0.15) is 5.26 Å². The van der Waals surface area contributed by atoms with Crippen LogP contribution in [0.25, 0.3) is 6.08 Å². The molecule has 0 unspecified atom stereocenters. The molecule has 1 fully saturated rings. The molecule has 1 aliphatic heterocycles. The number of nitriles is 1. The minimum Gasteiger partial charge on any atom is -0.493 e. The van der Waals surface area contributed by atoms with Crippen LogP contribution in [0.3, 0.4) is 0 Å². The number of aliphatic carboxylic acids is 1. The SMILES string of the molecule is CCn1c(NCCc2ccc(OC)c(OC)c2)c(/C=C2/SC(=S)N(CC(=O)O)C2=O)c(C)c(C#N)c1=O. The first-order chi connectivity index (χ1) is 17.7. The van der Waals surface area contributed by atoms with Gasteiger partial charge in [0.2, 0.25) is 0 Å². The van der Waals surface area contributed by atoms with Gasteiger partial charge in [0.1, 0.15) is 28.3 Å². The van der Waals surface area contributed by atoms with Crippen molar-refractivity contribution in [2.75, 3.05) is 32.6 Å². The van der Waals surface area contributed by atoms with Crippen molar-refractivity contribution in [2.24, 2.45) is 0 Å². The number of pyridine rings is 1.